The molecule has 1 aromatic heterocycles. The van der Waals surface area contributed by atoms with Gasteiger partial charge in [0.15, 0.2) is 0 Å². The van der Waals surface area contributed by atoms with Gasteiger partial charge in [0.1, 0.15) is 11.6 Å². The normalized spacial score (nSPS) is 15.3. The van der Waals surface area contributed by atoms with Gasteiger partial charge in [-0.1, -0.05) is 0 Å². The maximum atomic E-state index is 9.38. The summed E-state index contributed by atoms with van der Waals surface area (Å²) in [5.41, 5.74) is 0.861. The molecule has 3 rings (SSSR count). The van der Waals surface area contributed by atoms with E-state index < -0.39 is 0 Å². The molecule has 1 aromatic carbocycles. The van der Waals surface area contributed by atoms with Crippen LogP contribution in [0.4, 0.5) is 5.82 Å². The van der Waals surface area contributed by atoms with E-state index in [2.05, 4.69) is 16.0 Å². The van der Waals surface area contributed by atoms with Gasteiger partial charge in [-0.2, -0.15) is 0 Å². The molecule has 0 radical (unpaired) electrons. The SMILES string of the molecule is Oc1ccc2ccc(N3CCC3)nc2c1. The molecule has 3 heteroatoms. The lowest BCUT2D eigenvalue weighted by Gasteiger charge is -2.32. The van der Waals surface area contributed by atoms with E-state index in [1.165, 1.54) is 6.42 Å². The van der Waals surface area contributed by atoms with Crippen LogP contribution < -0.4 is 4.90 Å². The smallest absolute Gasteiger partial charge is 0.129 e. The van der Waals surface area contributed by atoms with Gasteiger partial charge in [0.05, 0.1) is 5.52 Å². The van der Waals surface area contributed by atoms with E-state index in [-0.39, 0.29) is 5.75 Å². The standard InChI is InChI=1S/C12H12N2O/c15-10-4-2-9-3-5-12(13-11(9)8-10)14-6-1-7-14/h2-5,8,15H,1,6-7H2. The summed E-state index contributed by atoms with van der Waals surface area (Å²) in [5, 5.41) is 10.4. The Morgan fingerprint density at radius 3 is 2.67 bits per heavy atom. The summed E-state index contributed by atoms with van der Waals surface area (Å²) in [6.07, 6.45) is 1.25. The second-order valence-electron chi connectivity index (χ2n) is 3.89. The van der Waals surface area contributed by atoms with Crippen LogP contribution in [0.2, 0.25) is 0 Å². The molecule has 0 saturated carbocycles. The Bertz CT molecular complexity index is 506. The van der Waals surface area contributed by atoms with Crippen molar-refractivity contribution in [1.29, 1.82) is 0 Å². The number of phenols is 1. The fourth-order valence-electron chi connectivity index (χ4n) is 1.82. The third-order valence-electron chi connectivity index (χ3n) is 2.84. The Morgan fingerprint density at radius 2 is 1.93 bits per heavy atom. The van der Waals surface area contributed by atoms with Crippen molar-refractivity contribution in [2.24, 2.45) is 0 Å². The molecule has 1 N–H and O–H groups in total. The minimum atomic E-state index is 0.274. The van der Waals surface area contributed by atoms with E-state index in [9.17, 15) is 5.11 Å². The van der Waals surface area contributed by atoms with Gasteiger partial charge in [0, 0.05) is 24.5 Å². The van der Waals surface area contributed by atoms with Crippen LogP contribution in [0.25, 0.3) is 10.9 Å². The fraction of sp³-hybridized carbons (Fsp3) is 0.250. The third-order valence-corrected chi connectivity index (χ3v) is 2.84. The number of rotatable bonds is 1. The number of aromatic hydroxyl groups is 1. The van der Waals surface area contributed by atoms with Gasteiger partial charge in [-0.25, -0.2) is 4.98 Å². The first-order valence-corrected chi connectivity index (χ1v) is 5.18. The van der Waals surface area contributed by atoms with Crippen LogP contribution in [0.3, 0.4) is 0 Å². The molecule has 1 aliphatic heterocycles. The molecular weight excluding hydrogens is 188 g/mol. The van der Waals surface area contributed by atoms with E-state index in [0.717, 1.165) is 29.8 Å². The summed E-state index contributed by atoms with van der Waals surface area (Å²) in [6, 6.07) is 9.37. The average molecular weight is 200 g/mol. The van der Waals surface area contributed by atoms with Crippen LogP contribution in [-0.2, 0) is 0 Å². The Hall–Kier alpha value is -1.77. The fourth-order valence-corrected chi connectivity index (χ4v) is 1.82. The van der Waals surface area contributed by atoms with Gasteiger partial charge in [-0.05, 0) is 30.7 Å². The highest BCUT2D eigenvalue weighted by Crippen LogP contribution is 2.23. The van der Waals surface area contributed by atoms with Crippen molar-refractivity contribution >= 4 is 16.7 Å². The summed E-state index contributed by atoms with van der Waals surface area (Å²) in [7, 11) is 0. The van der Waals surface area contributed by atoms with E-state index in [1.54, 1.807) is 12.1 Å². The summed E-state index contributed by atoms with van der Waals surface area (Å²) in [4.78, 5) is 6.76. The van der Waals surface area contributed by atoms with Crippen LogP contribution in [0, 0.1) is 0 Å². The molecule has 1 aliphatic rings. The minimum absolute atomic E-state index is 0.274. The van der Waals surface area contributed by atoms with Gasteiger partial charge < -0.3 is 10.0 Å². The Balaban J connectivity index is 2.11. The largest absolute Gasteiger partial charge is 0.508 e. The second kappa shape index (κ2) is 3.12. The second-order valence-corrected chi connectivity index (χ2v) is 3.89. The lowest BCUT2D eigenvalue weighted by molar-refractivity contribution is 0.476. The zero-order chi connectivity index (χ0) is 10.3. The lowest BCUT2D eigenvalue weighted by Crippen LogP contribution is -2.37. The summed E-state index contributed by atoms with van der Waals surface area (Å²) in [5.74, 6) is 1.29. The van der Waals surface area contributed by atoms with Crippen molar-refractivity contribution in [1.82, 2.24) is 4.98 Å². The lowest BCUT2D eigenvalue weighted by atomic mass is 10.2. The van der Waals surface area contributed by atoms with Gasteiger partial charge in [-0.3, -0.25) is 0 Å². The molecule has 0 spiro atoms. The first-order chi connectivity index (χ1) is 7.33. The minimum Gasteiger partial charge on any atom is -0.508 e. The van der Waals surface area contributed by atoms with Crippen LogP contribution in [0.5, 0.6) is 5.75 Å². The highest BCUT2D eigenvalue weighted by atomic mass is 16.3. The molecule has 0 atom stereocenters. The summed E-state index contributed by atoms with van der Waals surface area (Å²) >= 11 is 0. The first kappa shape index (κ1) is 8.53. The predicted molar refractivity (Wildman–Crippen MR) is 60.2 cm³/mol. The highest BCUT2D eigenvalue weighted by Gasteiger charge is 2.15. The van der Waals surface area contributed by atoms with Gasteiger partial charge in [0.25, 0.3) is 0 Å². The number of nitrogens with zero attached hydrogens (tertiary/aromatic N) is 2. The molecule has 2 heterocycles. The maximum Gasteiger partial charge on any atom is 0.129 e. The van der Waals surface area contributed by atoms with Gasteiger partial charge in [-0.15, -0.1) is 0 Å². The third kappa shape index (κ3) is 1.40. The van der Waals surface area contributed by atoms with E-state index >= 15 is 0 Å². The van der Waals surface area contributed by atoms with Crippen molar-refractivity contribution in [2.45, 2.75) is 6.42 Å². The number of anilines is 1. The van der Waals surface area contributed by atoms with Crippen LogP contribution in [0.15, 0.2) is 30.3 Å². The molecule has 76 valence electrons. The number of aromatic nitrogens is 1. The number of hydrogen-bond donors (Lipinski definition) is 1. The monoisotopic (exact) mass is 200 g/mol. The molecule has 1 saturated heterocycles. The number of hydrogen-bond acceptors (Lipinski definition) is 3. The van der Waals surface area contributed by atoms with Crippen molar-refractivity contribution in [2.75, 3.05) is 18.0 Å². The molecule has 3 nitrogen and oxygen atoms in total. The van der Waals surface area contributed by atoms with E-state index in [1.807, 2.05) is 12.1 Å². The molecule has 0 bridgehead atoms. The molecule has 15 heavy (non-hydrogen) atoms. The molecule has 2 aromatic rings. The van der Waals surface area contributed by atoms with Gasteiger partial charge in [0.2, 0.25) is 0 Å². The van der Waals surface area contributed by atoms with Crippen molar-refractivity contribution < 1.29 is 5.11 Å². The van der Waals surface area contributed by atoms with E-state index in [0.29, 0.717) is 0 Å². The predicted octanol–water partition coefficient (Wildman–Crippen LogP) is 2.15. The van der Waals surface area contributed by atoms with Crippen molar-refractivity contribution in [3.63, 3.8) is 0 Å². The molecule has 0 unspecified atom stereocenters. The zero-order valence-electron chi connectivity index (χ0n) is 8.35. The number of pyridine rings is 1. The summed E-state index contributed by atoms with van der Waals surface area (Å²) in [6.45, 7) is 2.19. The quantitative estimate of drug-likeness (QED) is 0.766. The summed E-state index contributed by atoms with van der Waals surface area (Å²) < 4.78 is 0. The topological polar surface area (TPSA) is 36.4 Å². The molecular formula is C12H12N2O. The Morgan fingerprint density at radius 1 is 1.13 bits per heavy atom. The maximum absolute atomic E-state index is 9.38. The van der Waals surface area contributed by atoms with Crippen molar-refractivity contribution in [3.8, 4) is 5.75 Å². The highest BCUT2D eigenvalue weighted by molar-refractivity contribution is 5.81. The Labute approximate surface area is 88.0 Å². The van der Waals surface area contributed by atoms with Crippen LogP contribution in [0.1, 0.15) is 6.42 Å². The molecule has 1 fully saturated rings. The average Bonchev–Trinajstić information content (AvgIpc) is 2.14. The number of benzene rings is 1. The molecule has 0 amide bonds. The number of phenolic OH excluding ortho intramolecular Hbond substituents is 1. The zero-order valence-corrected chi connectivity index (χ0v) is 8.35. The van der Waals surface area contributed by atoms with E-state index in [4.69, 9.17) is 0 Å². The Kier molecular flexibility index (Phi) is 1.78. The van der Waals surface area contributed by atoms with Crippen LogP contribution >= 0.6 is 0 Å². The number of fused-ring (bicyclic) bond motifs is 1. The molecule has 0 aliphatic carbocycles. The first-order valence-electron chi connectivity index (χ1n) is 5.18. The van der Waals surface area contributed by atoms with Crippen LogP contribution in [-0.4, -0.2) is 23.2 Å². The van der Waals surface area contributed by atoms with Crippen molar-refractivity contribution in [3.05, 3.63) is 30.3 Å². The van der Waals surface area contributed by atoms with Gasteiger partial charge >= 0.3 is 0 Å².